The van der Waals surface area contributed by atoms with Gasteiger partial charge in [0.15, 0.2) is 0 Å². The van der Waals surface area contributed by atoms with E-state index in [0.29, 0.717) is 18.8 Å². The quantitative estimate of drug-likeness (QED) is 0.690. The average molecular weight is 389 g/mol. The molecule has 27 heavy (non-hydrogen) atoms. The van der Waals surface area contributed by atoms with Crippen molar-refractivity contribution < 1.29 is 9.32 Å². The Morgan fingerprint density at radius 3 is 2.96 bits per heavy atom. The molecule has 0 fully saturated rings. The number of halogens is 1. The minimum atomic E-state index is -0.225. The van der Waals surface area contributed by atoms with Crippen molar-refractivity contribution in [1.82, 2.24) is 25.5 Å². The van der Waals surface area contributed by atoms with Crippen LogP contribution in [0.5, 0.6) is 0 Å². The molecule has 0 aliphatic heterocycles. The van der Waals surface area contributed by atoms with Crippen molar-refractivity contribution in [3.8, 4) is 5.69 Å². The summed E-state index contributed by atoms with van der Waals surface area (Å²) >= 11 is 0. The third-order valence-electron chi connectivity index (χ3n) is 4.54. The molecule has 2 heterocycles. The molecule has 0 saturated carbocycles. The van der Waals surface area contributed by atoms with E-state index in [1.807, 2.05) is 24.3 Å². The molecule has 0 bridgehead atoms. The number of hydrogen-bond acceptors (Lipinski definition) is 6. The van der Waals surface area contributed by atoms with Gasteiger partial charge in [-0.1, -0.05) is 22.5 Å². The van der Waals surface area contributed by atoms with Crippen LogP contribution in [0.25, 0.3) is 5.69 Å². The number of nitrogens with one attached hydrogen (secondary N) is 1. The maximum Gasteiger partial charge on any atom is 0.290 e. The Morgan fingerprint density at radius 2 is 2.15 bits per heavy atom. The van der Waals surface area contributed by atoms with Crippen LogP contribution in [-0.4, -0.2) is 26.1 Å². The molecule has 0 radical (unpaired) electrons. The van der Waals surface area contributed by atoms with E-state index in [4.69, 9.17) is 10.3 Å². The van der Waals surface area contributed by atoms with Crippen LogP contribution in [0.1, 0.15) is 45.9 Å². The van der Waals surface area contributed by atoms with E-state index in [-0.39, 0.29) is 18.3 Å². The van der Waals surface area contributed by atoms with Crippen LogP contribution in [0.2, 0.25) is 0 Å². The summed E-state index contributed by atoms with van der Waals surface area (Å²) in [5, 5.41) is 15.0. The van der Waals surface area contributed by atoms with Crippen LogP contribution in [0.15, 0.2) is 35.0 Å². The molecular formula is C18H21ClN6O2. The van der Waals surface area contributed by atoms with Gasteiger partial charge in [-0.2, -0.15) is 0 Å². The Bertz CT molecular complexity index is 936. The zero-order valence-corrected chi connectivity index (χ0v) is 15.5. The molecule has 3 aromatic rings. The van der Waals surface area contributed by atoms with E-state index < -0.39 is 0 Å². The minimum absolute atomic E-state index is 0. The highest BCUT2D eigenvalue weighted by atomic mass is 35.5. The van der Waals surface area contributed by atoms with Gasteiger partial charge in [0.1, 0.15) is 0 Å². The molecule has 3 N–H and O–H groups in total. The topological polar surface area (TPSA) is 112 Å². The minimum Gasteiger partial charge on any atom is -0.350 e. The van der Waals surface area contributed by atoms with Crippen LogP contribution >= 0.6 is 12.4 Å². The Hall–Kier alpha value is -2.71. The lowest BCUT2D eigenvalue weighted by Crippen LogP contribution is -2.24. The van der Waals surface area contributed by atoms with Gasteiger partial charge in [-0.05, 0) is 43.4 Å². The van der Waals surface area contributed by atoms with Crippen LogP contribution in [0.3, 0.4) is 0 Å². The average Bonchev–Trinajstić information content (AvgIpc) is 3.33. The molecule has 2 aromatic heterocycles. The second kappa shape index (κ2) is 8.32. The van der Waals surface area contributed by atoms with Gasteiger partial charge in [-0.3, -0.25) is 4.79 Å². The van der Waals surface area contributed by atoms with Crippen LogP contribution in [0.4, 0.5) is 0 Å². The molecule has 9 heteroatoms. The fourth-order valence-corrected chi connectivity index (χ4v) is 3.16. The first-order valence-electron chi connectivity index (χ1n) is 8.71. The summed E-state index contributed by atoms with van der Waals surface area (Å²) in [5.41, 5.74) is 9.98. The predicted molar refractivity (Wildman–Crippen MR) is 101 cm³/mol. The van der Waals surface area contributed by atoms with Crippen molar-refractivity contribution in [3.63, 3.8) is 0 Å². The lowest BCUT2D eigenvalue weighted by molar-refractivity contribution is 0.0912. The maximum atomic E-state index is 12.5. The summed E-state index contributed by atoms with van der Waals surface area (Å²) in [4.78, 5) is 12.5. The second-order valence-electron chi connectivity index (χ2n) is 6.36. The Balaban J connectivity index is 0.00000210. The number of amides is 1. The Morgan fingerprint density at radius 1 is 1.30 bits per heavy atom. The Labute approximate surface area is 162 Å². The van der Waals surface area contributed by atoms with E-state index in [1.165, 1.54) is 0 Å². The number of nitrogens with zero attached hydrogens (tertiary/aromatic N) is 4. The SMILES string of the molecule is Cl.NCc1cn(-c2cccc(CNC(=O)c3onc4c3CCCC4)c2)nn1. The zero-order chi connectivity index (χ0) is 17.9. The van der Waals surface area contributed by atoms with Gasteiger partial charge in [0.2, 0.25) is 5.76 Å². The summed E-state index contributed by atoms with van der Waals surface area (Å²) < 4.78 is 6.95. The molecule has 1 amide bonds. The second-order valence-corrected chi connectivity index (χ2v) is 6.36. The number of aromatic nitrogens is 4. The van der Waals surface area contributed by atoms with E-state index >= 15 is 0 Å². The third kappa shape index (κ3) is 4.01. The van der Waals surface area contributed by atoms with E-state index in [0.717, 1.165) is 53.9 Å². The normalized spacial score (nSPS) is 12.9. The molecule has 0 saturated heterocycles. The van der Waals surface area contributed by atoms with Crippen molar-refractivity contribution in [2.45, 2.75) is 38.8 Å². The molecule has 1 aliphatic rings. The van der Waals surface area contributed by atoms with Crippen LogP contribution in [-0.2, 0) is 25.9 Å². The van der Waals surface area contributed by atoms with Crippen molar-refractivity contribution in [3.05, 3.63) is 58.7 Å². The van der Waals surface area contributed by atoms with Crippen LogP contribution in [0, 0.1) is 0 Å². The summed E-state index contributed by atoms with van der Waals surface area (Å²) in [6, 6.07) is 7.73. The molecular weight excluding hydrogens is 368 g/mol. The third-order valence-corrected chi connectivity index (χ3v) is 4.54. The number of rotatable bonds is 5. The van der Waals surface area contributed by atoms with Crippen LogP contribution < -0.4 is 11.1 Å². The molecule has 0 spiro atoms. The summed E-state index contributed by atoms with van der Waals surface area (Å²) in [6.45, 7) is 0.734. The number of carbonyl (C=O) groups excluding carboxylic acids is 1. The number of hydrogen-bond donors (Lipinski definition) is 2. The monoisotopic (exact) mass is 388 g/mol. The number of fused-ring (bicyclic) bond motifs is 1. The maximum absolute atomic E-state index is 12.5. The lowest BCUT2D eigenvalue weighted by Gasteiger charge is -2.09. The first-order chi connectivity index (χ1) is 12.7. The number of nitrogens with two attached hydrogens (primary N) is 1. The number of carbonyl (C=O) groups is 1. The first kappa shape index (κ1) is 19.1. The highest BCUT2D eigenvalue weighted by molar-refractivity contribution is 5.93. The van der Waals surface area contributed by atoms with Gasteiger partial charge in [0, 0.05) is 18.7 Å². The van der Waals surface area contributed by atoms with E-state index in [1.54, 1.807) is 10.9 Å². The van der Waals surface area contributed by atoms with E-state index in [9.17, 15) is 4.79 Å². The number of benzene rings is 1. The van der Waals surface area contributed by atoms with Crippen molar-refractivity contribution in [2.75, 3.05) is 0 Å². The first-order valence-corrected chi connectivity index (χ1v) is 8.71. The molecule has 1 aromatic carbocycles. The van der Waals surface area contributed by atoms with Crippen molar-refractivity contribution >= 4 is 18.3 Å². The van der Waals surface area contributed by atoms with E-state index in [2.05, 4.69) is 20.8 Å². The lowest BCUT2D eigenvalue weighted by atomic mass is 9.96. The smallest absolute Gasteiger partial charge is 0.290 e. The van der Waals surface area contributed by atoms with Crippen molar-refractivity contribution in [2.24, 2.45) is 5.73 Å². The predicted octanol–water partition coefficient (Wildman–Crippen LogP) is 1.94. The standard InChI is InChI=1S/C18H20N6O2.ClH/c19-9-13-11-24(23-21-13)14-5-3-4-12(8-14)10-20-18(25)17-15-6-1-2-7-16(15)22-26-17;/h3-5,8,11H,1-2,6-7,9-10,19H2,(H,20,25);1H. The summed E-state index contributed by atoms with van der Waals surface area (Å²) in [5.74, 6) is 0.122. The van der Waals surface area contributed by atoms with Gasteiger partial charge in [-0.25, -0.2) is 4.68 Å². The van der Waals surface area contributed by atoms with Gasteiger partial charge in [0.25, 0.3) is 5.91 Å². The molecule has 0 atom stereocenters. The summed E-state index contributed by atoms with van der Waals surface area (Å²) in [7, 11) is 0. The van der Waals surface area contributed by atoms with Gasteiger partial charge < -0.3 is 15.6 Å². The highest BCUT2D eigenvalue weighted by Gasteiger charge is 2.23. The molecule has 1 aliphatic carbocycles. The fraction of sp³-hybridized carbons (Fsp3) is 0.333. The molecule has 4 rings (SSSR count). The zero-order valence-electron chi connectivity index (χ0n) is 14.7. The van der Waals surface area contributed by atoms with Gasteiger partial charge in [-0.15, -0.1) is 17.5 Å². The molecule has 8 nitrogen and oxygen atoms in total. The van der Waals surface area contributed by atoms with Crippen molar-refractivity contribution in [1.29, 1.82) is 0 Å². The highest BCUT2D eigenvalue weighted by Crippen LogP contribution is 2.23. The van der Waals surface area contributed by atoms with Gasteiger partial charge in [0.05, 0.1) is 23.3 Å². The fourth-order valence-electron chi connectivity index (χ4n) is 3.16. The summed E-state index contributed by atoms with van der Waals surface area (Å²) in [6.07, 6.45) is 5.70. The molecule has 0 unspecified atom stereocenters. The largest absolute Gasteiger partial charge is 0.350 e. The Kier molecular flexibility index (Phi) is 5.88. The van der Waals surface area contributed by atoms with Gasteiger partial charge >= 0.3 is 0 Å². The molecule has 142 valence electrons. The number of aryl methyl sites for hydroxylation is 1.